The molecule has 2 amide bonds. The molecule has 206 valence electrons. The Morgan fingerprint density at radius 1 is 1.10 bits per heavy atom. The zero-order chi connectivity index (χ0) is 28.2. The van der Waals surface area contributed by atoms with Gasteiger partial charge in [-0.2, -0.15) is 0 Å². The highest BCUT2D eigenvalue weighted by atomic mass is 32.1. The summed E-state index contributed by atoms with van der Waals surface area (Å²) in [5.41, 5.74) is 4.44. The van der Waals surface area contributed by atoms with Gasteiger partial charge in [0.05, 0.1) is 69.5 Å². The third kappa shape index (κ3) is 3.60. The first kappa shape index (κ1) is 24.4. The van der Waals surface area contributed by atoms with Gasteiger partial charge < -0.3 is 19.9 Å². The lowest BCUT2D eigenvalue weighted by atomic mass is 10.2. The summed E-state index contributed by atoms with van der Waals surface area (Å²) in [6.45, 7) is 3.96. The number of thiazole rings is 2. The van der Waals surface area contributed by atoms with Crippen LogP contribution in [0.3, 0.4) is 0 Å². The minimum absolute atomic E-state index is 0.00293. The van der Waals surface area contributed by atoms with Crippen molar-refractivity contribution in [2.75, 3.05) is 22.6 Å². The molecule has 4 aromatic heterocycles. The van der Waals surface area contributed by atoms with Crippen molar-refractivity contribution in [1.82, 2.24) is 24.8 Å². The van der Waals surface area contributed by atoms with Crippen molar-refractivity contribution in [3.63, 3.8) is 0 Å². The Hall–Kier alpha value is -4.43. The van der Waals surface area contributed by atoms with Crippen molar-refractivity contribution in [2.24, 2.45) is 11.8 Å². The number of hydrogen-bond donors (Lipinski definition) is 2. The molecule has 4 atom stereocenters. The smallest absolute Gasteiger partial charge is 0.411 e. The Kier molecular flexibility index (Phi) is 5.07. The molecule has 2 saturated heterocycles. The largest absolute Gasteiger partial charge is 0.453 e. The van der Waals surface area contributed by atoms with Crippen LogP contribution in [-0.4, -0.2) is 56.0 Å². The molecule has 2 N–H and O–H groups in total. The number of aryl methyl sites for hydroxylation is 2. The number of anilines is 4. The summed E-state index contributed by atoms with van der Waals surface area (Å²) < 4.78 is 19.5. The molecule has 8 rings (SSSR count). The molecular formula is C27H21FN8O3S2. The molecule has 1 saturated carbocycles. The standard InChI is InChI=1S/C27H21FN8O3S2/c1-10-23(41-11(2)31-10)15-9-40-26(33-15)34-16-5-4-12(7-29-16)25(37)36-21-17-18-20(22(18)36)35(19(17)21)24-14(28)6-13(8-30-24)32-27(38)39-3/h4-9,17-19,21H,1-3H3,(H,32,38)(H,29,33,34)/t17?,18-,19+,21+/m1/s1. The van der Waals surface area contributed by atoms with Crippen LogP contribution in [0.2, 0.25) is 0 Å². The minimum Gasteiger partial charge on any atom is -0.453 e. The van der Waals surface area contributed by atoms with Gasteiger partial charge in [0.1, 0.15) is 5.82 Å². The first-order valence-electron chi connectivity index (χ1n) is 12.8. The molecule has 2 aliphatic heterocycles. The maximum Gasteiger partial charge on any atom is 0.411 e. The maximum atomic E-state index is 15.0. The number of carbonyl (C=O) groups excluding carboxylic acids is 2. The van der Waals surface area contributed by atoms with Crippen LogP contribution < -0.4 is 15.5 Å². The molecule has 0 spiro atoms. The van der Waals surface area contributed by atoms with E-state index in [1.807, 2.05) is 29.0 Å². The van der Waals surface area contributed by atoms with Gasteiger partial charge in [0.25, 0.3) is 5.91 Å². The summed E-state index contributed by atoms with van der Waals surface area (Å²) >= 11 is 3.10. The molecule has 3 fully saturated rings. The van der Waals surface area contributed by atoms with Crippen LogP contribution in [0.4, 0.5) is 31.6 Å². The number of halogens is 1. The maximum absolute atomic E-state index is 15.0. The number of hydrogen-bond acceptors (Lipinski definition) is 11. The lowest BCUT2D eigenvalue weighted by Gasteiger charge is -2.28. The summed E-state index contributed by atoms with van der Waals surface area (Å²) in [6, 6.07) is 4.74. The number of fused-ring (bicyclic) bond motifs is 1. The molecule has 6 heterocycles. The highest BCUT2D eigenvalue weighted by Crippen LogP contribution is 2.75. The molecule has 0 aromatic carbocycles. The number of carbonyl (C=O) groups is 2. The Morgan fingerprint density at radius 2 is 1.95 bits per heavy atom. The number of amides is 2. The normalized spacial score (nSPS) is 22.6. The van der Waals surface area contributed by atoms with Crippen LogP contribution in [0.1, 0.15) is 21.1 Å². The predicted octanol–water partition coefficient (Wildman–Crippen LogP) is 4.92. The lowest BCUT2D eigenvalue weighted by Crippen LogP contribution is -2.38. The van der Waals surface area contributed by atoms with Gasteiger partial charge in [-0.05, 0) is 26.0 Å². The summed E-state index contributed by atoms with van der Waals surface area (Å²) in [5, 5.41) is 9.34. The highest BCUT2D eigenvalue weighted by Gasteiger charge is 2.82. The van der Waals surface area contributed by atoms with E-state index in [2.05, 4.69) is 35.3 Å². The van der Waals surface area contributed by atoms with E-state index in [4.69, 9.17) is 0 Å². The van der Waals surface area contributed by atoms with Crippen molar-refractivity contribution >= 4 is 57.1 Å². The molecule has 4 aliphatic rings. The lowest BCUT2D eigenvalue weighted by molar-refractivity contribution is 0.0804. The second-order valence-corrected chi connectivity index (χ2v) is 12.3. The van der Waals surface area contributed by atoms with Crippen LogP contribution in [0, 0.1) is 31.5 Å². The Morgan fingerprint density at radius 3 is 2.59 bits per heavy atom. The third-order valence-electron chi connectivity index (χ3n) is 7.85. The third-order valence-corrected chi connectivity index (χ3v) is 9.71. The molecule has 1 unspecified atom stereocenters. The Balaban J connectivity index is 0.970. The second-order valence-electron chi connectivity index (χ2n) is 10.2. The quantitative estimate of drug-likeness (QED) is 0.323. The van der Waals surface area contributed by atoms with E-state index < -0.39 is 11.9 Å². The van der Waals surface area contributed by atoms with Crippen LogP contribution in [-0.2, 0) is 4.74 Å². The van der Waals surface area contributed by atoms with Gasteiger partial charge in [-0.1, -0.05) is 0 Å². The number of aromatic nitrogens is 4. The minimum atomic E-state index is -0.697. The van der Waals surface area contributed by atoms with Gasteiger partial charge in [-0.3, -0.25) is 10.1 Å². The van der Waals surface area contributed by atoms with Crippen LogP contribution in [0.5, 0.6) is 0 Å². The molecule has 4 aromatic rings. The molecule has 14 heteroatoms. The first-order chi connectivity index (χ1) is 19.8. The van der Waals surface area contributed by atoms with Gasteiger partial charge in [-0.15, -0.1) is 22.7 Å². The van der Waals surface area contributed by atoms with E-state index in [0.717, 1.165) is 32.7 Å². The van der Waals surface area contributed by atoms with E-state index in [0.29, 0.717) is 16.5 Å². The average Bonchev–Trinajstić information content (AvgIpc) is 3.61. The predicted molar refractivity (Wildman–Crippen MR) is 151 cm³/mol. The van der Waals surface area contributed by atoms with Crippen LogP contribution >= 0.6 is 22.7 Å². The van der Waals surface area contributed by atoms with Crippen LogP contribution in [0.25, 0.3) is 10.6 Å². The van der Waals surface area contributed by atoms with Crippen molar-refractivity contribution in [2.45, 2.75) is 25.9 Å². The Labute approximate surface area is 240 Å². The van der Waals surface area contributed by atoms with Crippen LogP contribution in [0.15, 0.2) is 47.4 Å². The molecule has 41 heavy (non-hydrogen) atoms. The van der Waals surface area contributed by atoms with E-state index in [-0.39, 0.29) is 41.3 Å². The van der Waals surface area contributed by atoms with Gasteiger partial charge in [-0.25, -0.2) is 29.1 Å². The topological polar surface area (TPSA) is 125 Å². The number of nitrogens with one attached hydrogen (secondary N) is 2. The van der Waals surface area contributed by atoms with Crippen molar-refractivity contribution in [3.8, 4) is 10.6 Å². The fourth-order valence-electron chi connectivity index (χ4n) is 6.19. The number of allylic oxidation sites excluding steroid dienone is 2. The summed E-state index contributed by atoms with van der Waals surface area (Å²) in [7, 11) is 1.23. The summed E-state index contributed by atoms with van der Waals surface area (Å²) in [6.07, 6.45) is 2.28. The second kappa shape index (κ2) is 8.54. The average molecular weight is 589 g/mol. The van der Waals surface area contributed by atoms with Gasteiger partial charge >= 0.3 is 6.09 Å². The zero-order valence-corrected chi connectivity index (χ0v) is 23.5. The fourth-order valence-corrected chi connectivity index (χ4v) is 7.85. The summed E-state index contributed by atoms with van der Waals surface area (Å²) in [4.78, 5) is 47.6. The number of pyridine rings is 2. The van der Waals surface area contributed by atoms with Crippen molar-refractivity contribution < 1.29 is 18.7 Å². The van der Waals surface area contributed by atoms with Gasteiger partial charge in [0.2, 0.25) is 0 Å². The number of methoxy groups -OCH3 is 1. The number of ether oxygens (including phenoxy) is 1. The number of rotatable bonds is 6. The van der Waals surface area contributed by atoms with Crippen molar-refractivity contribution in [3.05, 3.63) is 69.4 Å². The van der Waals surface area contributed by atoms with Gasteiger partial charge in [0.15, 0.2) is 16.8 Å². The number of nitrogens with zero attached hydrogens (tertiary/aromatic N) is 6. The van der Waals surface area contributed by atoms with Gasteiger partial charge in [0, 0.05) is 29.3 Å². The fraction of sp³-hybridized carbons (Fsp3) is 0.259. The SMILES string of the molecule is COC(=O)Nc1cnc(N2C3=C4[C@@H]3C3[C@@H]([C@H]32)N4C(=O)c2ccc(Nc3nc(-c4sc(C)nc4C)cs3)nc2)c(F)c1. The van der Waals surface area contributed by atoms with E-state index in [9.17, 15) is 14.0 Å². The molecular weight excluding hydrogens is 567 g/mol. The Bertz CT molecular complexity index is 1820. The molecule has 2 aliphatic carbocycles. The summed E-state index contributed by atoms with van der Waals surface area (Å²) in [5.74, 6) is 0.587. The molecule has 0 bridgehead atoms. The molecule has 0 radical (unpaired) electrons. The van der Waals surface area contributed by atoms with Crippen molar-refractivity contribution in [1.29, 1.82) is 0 Å². The van der Waals surface area contributed by atoms with E-state index >= 15 is 0 Å². The number of piperidine rings is 2. The highest BCUT2D eigenvalue weighted by molar-refractivity contribution is 7.16. The zero-order valence-electron chi connectivity index (χ0n) is 21.9. The number of likely N-dealkylation sites (tertiary alicyclic amines) is 1. The molecule has 11 nitrogen and oxygen atoms in total. The first-order valence-corrected chi connectivity index (χ1v) is 14.5. The van der Waals surface area contributed by atoms with E-state index in [1.54, 1.807) is 29.7 Å². The monoisotopic (exact) mass is 588 g/mol. The van der Waals surface area contributed by atoms with E-state index in [1.165, 1.54) is 30.7 Å².